The first kappa shape index (κ1) is 16.5. The van der Waals surface area contributed by atoms with Gasteiger partial charge in [0.15, 0.2) is 5.69 Å². The van der Waals surface area contributed by atoms with E-state index in [9.17, 15) is 13.2 Å². The molecular formula is C15H17F3N6. The van der Waals surface area contributed by atoms with Gasteiger partial charge in [0.1, 0.15) is 6.07 Å². The van der Waals surface area contributed by atoms with Gasteiger partial charge in [0.25, 0.3) is 0 Å². The van der Waals surface area contributed by atoms with Gasteiger partial charge in [0.2, 0.25) is 0 Å². The van der Waals surface area contributed by atoms with Crippen molar-refractivity contribution in [3.8, 4) is 6.07 Å². The molecule has 0 saturated carbocycles. The minimum absolute atomic E-state index is 0.0228. The Hall–Kier alpha value is -2.34. The molecule has 1 unspecified atom stereocenters. The van der Waals surface area contributed by atoms with E-state index < -0.39 is 11.9 Å². The first-order chi connectivity index (χ1) is 11.5. The second-order valence-electron chi connectivity index (χ2n) is 5.95. The molecule has 1 aliphatic rings. The molecule has 1 aliphatic heterocycles. The van der Waals surface area contributed by atoms with Gasteiger partial charge < -0.3 is 4.90 Å². The third kappa shape index (κ3) is 3.76. The molecule has 1 atom stereocenters. The molecule has 0 radical (unpaired) electrons. The zero-order valence-corrected chi connectivity index (χ0v) is 12.9. The molecule has 0 spiro atoms. The maximum absolute atomic E-state index is 12.7. The monoisotopic (exact) mass is 338 g/mol. The van der Waals surface area contributed by atoms with Gasteiger partial charge in [-0.05, 0) is 25.5 Å². The first-order valence-electron chi connectivity index (χ1n) is 7.73. The summed E-state index contributed by atoms with van der Waals surface area (Å²) in [6, 6.07) is 3.14. The summed E-state index contributed by atoms with van der Waals surface area (Å²) in [5.74, 6) is 0.0228. The van der Waals surface area contributed by atoms with Crippen LogP contribution in [0.5, 0.6) is 0 Å². The Balaban J connectivity index is 1.58. The average molecular weight is 338 g/mol. The van der Waals surface area contributed by atoms with E-state index in [1.54, 1.807) is 10.9 Å². The largest absolute Gasteiger partial charge is 0.435 e. The molecule has 0 amide bonds. The summed E-state index contributed by atoms with van der Waals surface area (Å²) in [6.45, 7) is 2.98. The Morgan fingerprint density at radius 1 is 1.38 bits per heavy atom. The van der Waals surface area contributed by atoms with Crippen molar-refractivity contribution in [3.63, 3.8) is 0 Å². The van der Waals surface area contributed by atoms with Crippen molar-refractivity contribution in [1.29, 1.82) is 5.26 Å². The van der Waals surface area contributed by atoms with E-state index in [0.717, 1.165) is 32.0 Å². The third-order valence-corrected chi connectivity index (χ3v) is 4.24. The van der Waals surface area contributed by atoms with Crippen LogP contribution in [0.3, 0.4) is 0 Å². The lowest BCUT2D eigenvalue weighted by Gasteiger charge is -2.32. The van der Waals surface area contributed by atoms with Gasteiger partial charge in [-0.2, -0.15) is 28.6 Å². The van der Waals surface area contributed by atoms with Crippen molar-refractivity contribution >= 4 is 0 Å². The number of nitriles is 1. The van der Waals surface area contributed by atoms with E-state index in [4.69, 9.17) is 5.26 Å². The molecule has 3 rings (SSSR count). The Kier molecular flexibility index (Phi) is 4.57. The fourth-order valence-corrected chi connectivity index (χ4v) is 2.99. The number of nitrogens with one attached hydrogen (secondary N) is 1. The van der Waals surface area contributed by atoms with Crippen molar-refractivity contribution in [2.45, 2.75) is 31.5 Å². The van der Waals surface area contributed by atoms with E-state index in [0.29, 0.717) is 24.3 Å². The van der Waals surface area contributed by atoms with Crippen LogP contribution in [-0.2, 0) is 12.7 Å². The highest BCUT2D eigenvalue weighted by atomic mass is 19.4. The van der Waals surface area contributed by atoms with Gasteiger partial charge in [0, 0.05) is 30.9 Å². The number of rotatable bonds is 4. The molecule has 6 nitrogen and oxygen atoms in total. The number of hydrogen-bond donors (Lipinski definition) is 1. The summed E-state index contributed by atoms with van der Waals surface area (Å²) in [5, 5.41) is 18.8. The second kappa shape index (κ2) is 6.65. The second-order valence-corrected chi connectivity index (χ2v) is 5.95. The molecule has 1 saturated heterocycles. The SMILES string of the molecule is N#Cc1cnn(CCN2CCCC(c3cc(C(F)(F)F)n[nH]3)C2)c1. The first-order valence-corrected chi connectivity index (χ1v) is 7.73. The Labute approximate surface area is 136 Å². The van der Waals surface area contributed by atoms with Crippen molar-refractivity contribution in [2.75, 3.05) is 19.6 Å². The summed E-state index contributed by atoms with van der Waals surface area (Å²) in [5.41, 5.74) is 0.191. The minimum atomic E-state index is -4.42. The molecule has 2 aromatic rings. The summed E-state index contributed by atoms with van der Waals surface area (Å²) < 4.78 is 39.7. The molecule has 24 heavy (non-hydrogen) atoms. The van der Waals surface area contributed by atoms with Gasteiger partial charge >= 0.3 is 6.18 Å². The number of aromatic nitrogens is 4. The summed E-state index contributed by atoms with van der Waals surface area (Å²) in [6.07, 6.45) is 0.555. The van der Waals surface area contributed by atoms with Gasteiger partial charge in [-0.25, -0.2) is 0 Å². The Bertz CT molecular complexity index is 726. The van der Waals surface area contributed by atoms with Crippen LogP contribution in [0.15, 0.2) is 18.5 Å². The zero-order valence-electron chi connectivity index (χ0n) is 12.9. The highest BCUT2D eigenvalue weighted by molar-refractivity contribution is 5.21. The highest BCUT2D eigenvalue weighted by Crippen LogP contribution is 2.31. The number of H-pyrrole nitrogens is 1. The molecule has 0 aromatic carbocycles. The van der Waals surface area contributed by atoms with Gasteiger partial charge in [-0.15, -0.1) is 0 Å². The van der Waals surface area contributed by atoms with Crippen LogP contribution in [0.1, 0.15) is 35.7 Å². The van der Waals surface area contributed by atoms with Gasteiger partial charge in [-0.3, -0.25) is 9.78 Å². The minimum Gasteiger partial charge on any atom is -0.301 e. The summed E-state index contributed by atoms with van der Waals surface area (Å²) in [7, 11) is 0. The van der Waals surface area contributed by atoms with E-state index in [1.165, 1.54) is 6.20 Å². The summed E-state index contributed by atoms with van der Waals surface area (Å²) in [4.78, 5) is 2.20. The number of alkyl halides is 3. The lowest BCUT2D eigenvalue weighted by molar-refractivity contribution is -0.141. The summed E-state index contributed by atoms with van der Waals surface area (Å²) >= 11 is 0. The predicted octanol–water partition coefficient (Wildman–Crippen LogP) is 2.38. The predicted molar refractivity (Wildman–Crippen MR) is 78.9 cm³/mol. The number of likely N-dealkylation sites (tertiary alicyclic amines) is 1. The molecule has 3 heterocycles. The molecule has 9 heteroatoms. The topological polar surface area (TPSA) is 73.5 Å². The lowest BCUT2D eigenvalue weighted by Crippen LogP contribution is -2.36. The van der Waals surface area contributed by atoms with Crippen LogP contribution >= 0.6 is 0 Å². The van der Waals surface area contributed by atoms with Crippen LogP contribution in [0, 0.1) is 11.3 Å². The highest BCUT2D eigenvalue weighted by Gasteiger charge is 2.35. The maximum Gasteiger partial charge on any atom is 0.435 e. The van der Waals surface area contributed by atoms with Crippen LogP contribution in [0.25, 0.3) is 0 Å². The molecule has 2 aromatic heterocycles. The quantitative estimate of drug-likeness (QED) is 0.929. The fraction of sp³-hybridized carbons (Fsp3) is 0.533. The van der Waals surface area contributed by atoms with Crippen LogP contribution in [-0.4, -0.2) is 44.5 Å². The average Bonchev–Trinajstić information content (AvgIpc) is 3.22. The van der Waals surface area contributed by atoms with E-state index >= 15 is 0 Å². The number of hydrogen-bond acceptors (Lipinski definition) is 4. The van der Waals surface area contributed by atoms with Gasteiger partial charge in [0.05, 0.1) is 18.3 Å². The maximum atomic E-state index is 12.7. The van der Waals surface area contributed by atoms with E-state index in [1.807, 2.05) is 6.07 Å². The van der Waals surface area contributed by atoms with Crippen LogP contribution in [0.4, 0.5) is 13.2 Å². The molecule has 1 N–H and O–H groups in total. The number of piperidine rings is 1. The van der Waals surface area contributed by atoms with Crippen molar-refractivity contribution in [3.05, 3.63) is 35.4 Å². The molecule has 0 aliphatic carbocycles. The Morgan fingerprint density at radius 3 is 2.88 bits per heavy atom. The molecule has 0 bridgehead atoms. The number of aromatic amines is 1. The zero-order chi connectivity index (χ0) is 17.2. The smallest absolute Gasteiger partial charge is 0.301 e. The van der Waals surface area contributed by atoms with Crippen molar-refractivity contribution in [1.82, 2.24) is 24.9 Å². The Morgan fingerprint density at radius 2 is 2.21 bits per heavy atom. The normalized spacial score (nSPS) is 19.3. The fourth-order valence-electron chi connectivity index (χ4n) is 2.99. The van der Waals surface area contributed by atoms with E-state index in [2.05, 4.69) is 20.2 Å². The molecular weight excluding hydrogens is 321 g/mol. The van der Waals surface area contributed by atoms with Crippen molar-refractivity contribution < 1.29 is 13.2 Å². The van der Waals surface area contributed by atoms with E-state index in [-0.39, 0.29) is 5.92 Å². The molecule has 1 fully saturated rings. The number of halogens is 3. The molecule has 128 valence electrons. The lowest BCUT2D eigenvalue weighted by atomic mass is 9.94. The number of nitrogens with zero attached hydrogens (tertiary/aromatic N) is 5. The van der Waals surface area contributed by atoms with Crippen LogP contribution in [0.2, 0.25) is 0 Å². The standard InChI is InChI=1S/C15H17F3N6/c16-15(17,18)14-6-13(21-22-14)12-2-1-3-23(10-12)4-5-24-9-11(7-19)8-20-24/h6,8-9,12H,1-5,10H2,(H,21,22). The van der Waals surface area contributed by atoms with Crippen molar-refractivity contribution in [2.24, 2.45) is 0 Å². The third-order valence-electron chi connectivity index (χ3n) is 4.24. The van der Waals surface area contributed by atoms with Crippen LogP contribution < -0.4 is 0 Å². The van der Waals surface area contributed by atoms with Gasteiger partial charge in [-0.1, -0.05) is 0 Å².